The van der Waals surface area contributed by atoms with Crippen LogP contribution in [0.2, 0.25) is 5.02 Å². The molecular formula is C16H13BrClNO3. The van der Waals surface area contributed by atoms with Crippen molar-refractivity contribution in [1.29, 1.82) is 0 Å². The van der Waals surface area contributed by atoms with Crippen molar-refractivity contribution in [1.82, 2.24) is 5.32 Å². The van der Waals surface area contributed by atoms with Crippen LogP contribution in [-0.4, -0.2) is 19.0 Å². The second-order valence-electron chi connectivity index (χ2n) is 4.50. The molecule has 0 bridgehead atoms. The number of rotatable bonds is 4. The Morgan fingerprint density at radius 2 is 1.86 bits per heavy atom. The summed E-state index contributed by atoms with van der Waals surface area (Å²) in [5.74, 6) is -0.653. The van der Waals surface area contributed by atoms with Crippen molar-refractivity contribution < 1.29 is 14.3 Å². The van der Waals surface area contributed by atoms with Crippen molar-refractivity contribution in [3.63, 3.8) is 0 Å². The predicted octanol–water partition coefficient (Wildman–Crippen LogP) is 3.82. The van der Waals surface area contributed by atoms with Gasteiger partial charge in [-0.1, -0.05) is 39.7 Å². The average Bonchev–Trinajstić information content (AvgIpc) is 2.54. The number of carbonyl (C=O) groups excluding carboxylic acids is 2. The summed E-state index contributed by atoms with van der Waals surface area (Å²) in [6, 6.07) is 11.9. The van der Waals surface area contributed by atoms with Gasteiger partial charge >= 0.3 is 5.97 Å². The smallest absolute Gasteiger partial charge is 0.337 e. The zero-order chi connectivity index (χ0) is 16.1. The third-order valence-electron chi connectivity index (χ3n) is 3.00. The highest BCUT2D eigenvalue weighted by Gasteiger charge is 2.11. The fourth-order valence-corrected chi connectivity index (χ4v) is 2.39. The predicted molar refractivity (Wildman–Crippen MR) is 88.1 cm³/mol. The molecule has 0 saturated carbocycles. The summed E-state index contributed by atoms with van der Waals surface area (Å²) in [7, 11) is 1.33. The van der Waals surface area contributed by atoms with Gasteiger partial charge < -0.3 is 10.1 Å². The van der Waals surface area contributed by atoms with Crippen molar-refractivity contribution in [2.45, 2.75) is 6.54 Å². The van der Waals surface area contributed by atoms with E-state index in [0.717, 1.165) is 10.0 Å². The van der Waals surface area contributed by atoms with E-state index in [9.17, 15) is 9.59 Å². The molecule has 0 aliphatic heterocycles. The highest BCUT2D eigenvalue weighted by Crippen LogP contribution is 2.21. The van der Waals surface area contributed by atoms with Crippen molar-refractivity contribution in [2.24, 2.45) is 0 Å². The molecular weight excluding hydrogens is 370 g/mol. The Morgan fingerprint density at radius 3 is 2.50 bits per heavy atom. The zero-order valence-corrected chi connectivity index (χ0v) is 14.1. The number of hydrogen-bond donors (Lipinski definition) is 1. The molecule has 0 aliphatic rings. The van der Waals surface area contributed by atoms with Crippen LogP contribution in [0, 0.1) is 0 Å². The Bertz CT molecular complexity index is 701. The molecule has 22 heavy (non-hydrogen) atoms. The van der Waals surface area contributed by atoms with Crippen LogP contribution in [0.3, 0.4) is 0 Å². The van der Waals surface area contributed by atoms with Gasteiger partial charge in [-0.05, 0) is 35.9 Å². The van der Waals surface area contributed by atoms with Crippen LogP contribution in [0.1, 0.15) is 26.3 Å². The normalized spacial score (nSPS) is 10.1. The van der Waals surface area contributed by atoms with Crippen molar-refractivity contribution in [3.8, 4) is 0 Å². The maximum atomic E-state index is 12.1. The number of ether oxygens (including phenoxy) is 1. The van der Waals surface area contributed by atoms with E-state index in [1.807, 2.05) is 0 Å². The van der Waals surface area contributed by atoms with E-state index in [1.54, 1.807) is 42.5 Å². The minimum Gasteiger partial charge on any atom is -0.465 e. The van der Waals surface area contributed by atoms with Gasteiger partial charge in [0.1, 0.15) is 0 Å². The average molecular weight is 383 g/mol. The summed E-state index contributed by atoms with van der Waals surface area (Å²) in [6.45, 7) is 0.336. The number of amides is 1. The first kappa shape index (κ1) is 16.5. The lowest BCUT2D eigenvalue weighted by molar-refractivity contribution is 0.0600. The fraction of sp³-hybridized carbons (Fsp3) is 0.125. The van der Waals surface area contributed by atoms with Gasteiger partial charge in [0.05, 0.1) is 23.3 Å². The topological polar surface area (TPSA) is 55.4 Å². The molecule has 0 spiro atoms. The molecule has 0 saturated heterocycles. The largest absolute Gasteiger partial charge is 0.465 e. The molecule has 0 heterocycles. The molecule has 0 atom stereocenters. The highest BCUT2D eigenvalue weighted by atomic mass is 79.9. The van der Waals surface area contributed by atoms with Crippen LogP contribution in [0.15, 0.2) is 46.9 Å². The lowest BCUT2D eigenvalue weighted by atomic mass is 10.1. The minimum atomic E-state index is -0.392. The van der Waals surface area contributed by atoms with Crippen LogP contribution < -0.4 is 5.32 Å². The Balaban J connectivity index is 2.02. The summed E-state index contributed by atoms with van der Waals surface area (Å²) in [4.78, 5) is 23.5. The number of methoxy groups -OCH3 is 1. The summed E-state index contributed by atoms with van der Waals surface area (Å²) < 4.78 is 5.41. The molecule has 0 aliphatic carbocycles. The van der Waals surface area contributed by atoms with Gasteiger partial charge in [0, 0.05) is 11.0 Å². The summed E-state index contributed by atoms with van der Waals surface area (Å²) >= 11 is 9.32. The molecule has 0 aromatic heterocycles. The lowest BCUT2D eigenvalue weighted by Crippen LogP contribution is -2.23. The van der Waals surface area contributed by atoms with Gasteiger partial charge in [-0.2, -0.15) is 0 Å². The van der Waals surface area contributed by atoms with Crippen LogP contribution in [-0.2, 0) is 11.3 Å². The van der Waals surface area contributed by atoms with E-state index in [0.29, 0.717) is 22.7 Å². The van der Waals surface area contributed by atoms with Gasteiger partial charge in [0.15, 0.2) is 0 Å². The van der Waals surface area contributed by atoms with E-state index in [2.05, 4.69) is 26.0 Å². The number of carbonyl (C=O) groups is 2. The Labute approximate surface area is 141 Å². The molecule has 1 N–H and O–H groups in total. The first-order chi connectivity index (χ1) is 10.5. The van der Waals surface area contributed by atoms with E-state index >= 15 is 0 Å². The first-order valence-electron chi connectivity index (χ1n) is 6.42. The number of nitrogens with one attached hydrogen (secondary N) is 1. The molecule has 1 amide bonds. The molecule has 6 heteroatoms. The summed E-state index contributed by atoms with van der Waals surface area (Å²) in [5.41, 5.74) is 1.74. The van der Waals surface area contributed by atoms with Crippen LogP contribution in [0.25, 0.3) is 0 Å². The Morgan fingerprint density at radius 1 is 1.18 bits per heavy atom. The summed E-state index contributed by atoms with van der Waals surface area (Å²) in [6.07, 6.45) is 0. The van der Waals surface area contributed by atoms with E-state index < -0.39 is 5.97 Å². The van der Waals surface area contributed by atoms with Gasteiger partial charge in [0.25, 0.3) is 5.91 Å². The zero-order valence-electron chi connectivity index (χ0n) is 11.7. The molecule has 2 rings (SSSR count). The molecule has 114 valence electrons. The van der Waals surface area contributed by atoms with Gasteiger partial charge in [0.2, 0.25) is 0 Å². The third kappa shape index (κ3) is 4.08. The molecule has 2 aromatic carbocycles. The molecule has 4 nitrogen and oxygen atoms in total. The van der Waals surface area contributed by atoms with Gasteiger partial charge in [-0.3, -0.25) is 4.79 Å². The summed E-state index contributed by atoms with van der Waals surface area (Å²) in [5, 5.41) is 3.18. The van der Waals surface area contributed by atoms with Gasteiger partial charge in [-0.25, -0.2) is 4.79 Å². The van der Waals surface area contributed by atoms with Crippen LogP contribution in [0.5, 0.6) is 0 Å². The number of halogens is 2. The van der Waals surface area contributed by atoms with E-state index in [1.165, 1.54) is 7.11 Å². The molecule has 0 fully saturated rings. The quantitative estimate of drug-likeness (QED) is 0.818. The monoisotopic (exact) mass is 381 g/mol. The Kier molecular flexibility index (Phi) is 5.57. The Hall–Kier alpha value is -1.85. The maximum Gasteiger partial charge on any atom is 0.337 e. The number of hydrogen-bond acceptors (Lipinski definition) is 3. The van der Waals surface area contributed by atoms with Crippen molar-refractivity contribution in [3.05, 3.63) is 68.7 Å². The number of benzene rings is 2. The first-order valence-corrected chi connectivity index (χ1v) is 7.59. The fourth-order valence-electron chi connectivity index (χ4n) is 1.83. The van der Waals surface area contributed by atoms with Gasteiger partial charge in [-0.15, -0.1) is 0 Å². The highest BCUT2D eigenvalue weighted by molar-refractivity contribution is 9.10. The second-order valence-corrected chi connectivity index (χ2v) is 5.82. The van der Waals surface area contributed by atoms with E-state index in [4.69, 9.17) is 11.6 Å². The molecule has 0 unspecified atom stereocenters. The van der Waals surface area contributed by atoms with Crippen LogP contribution >= 0.6 is 27.5 Å². The maximum absolute atomic E-state index is 12.1. The van der Waals surface area contributed by atoms with E-state index in [-0.39, 0.29) is 5.91 Å². The molecule has 2 aromatic rings. The van der Waals surface area contributed by atoms with Crippen molar-refractivity contribution in [2.75, 3.05) is 7.11 Å². The SMILES string of the molecule is COC(=O)c1ccc(CNC(=O)c2cc(Br)ccc2Cl)cc1. The minimum absolute atomic E-state index is 0.261. The van der Waals surface area contributed by atoms with Crippen LogP contribution in [0.4, 0.5) is 0 Å². The third-order valence-corrected chi connectivity index (χ3v) is 3.82. The molecule has 0 radical (unpaired) electrons. The second kappa shape index (κ2) is 7.42. The lowest BCUT2D eigenvalue weighted by Gasteiger charge is -2.08. The number of esters is 1. The van der Waals surface area contributed by atoms with Crippen molar-refractivity contribution >= 4 is 39.4 Å². The standard InChI is InChI=1S/C16H13BrClNO3/c1-22-16(21)11-4-2-10(3-5-11)9-19-15(20)13-8-12(17)6-7-14(13)18/h2-8H,9H2,1H3,(H,19,20).